The van der Waals surface area contributed by atoms with Crippen LogP contribution in [-0.2, 0) is 42.7 Å². The van der Waals surface area contributed by atoms with E-state index in [-0.39, 0.29) is 67.9 Å². The van der Waals surface area contributed by atoms with Crippen LogP contribution in [0.25, 0.3) is 0 Å². The first-order chi connectivity index (χ1) is 26.8. The molecule has 6 saturated heterocycles. The average Bonchev–Trinajstić information content (AvgIpc) is 3.53. The lowest BCUT2D eigenvalue weighted by Gasteiger charge is -2.51. The highest BCUT2D eigenvalue weighted by Crippen LogP contribution is 2.42. The summed E-state index contributed by atoms with van der Waals surface area (Å²) in [5.41, 5.74) is 1.92. The molecular formula is C42H62O14. The van der Waals surface area contributed by atoms with E-state index in [1.165, 1.54) is 12.2 Å². The Bertz CT molecular complexity index is 1450. The second kappa shape index (κ2) is 18.0. The Balaban J connectivity index is 1.12. The zero-order valence-electron chi connectivity index (χ0n) is 32.6. The Morgan fingerprint density at radius 1 is 0.696 bits per heavy atom. The molecule has 19 unspecified atom stereocenters. The number of aliphatic hydroxyl groups is 5. The fourth-order valence-corrected chi connectivity index (χ4v) is 10.0. The van der Waals surface area contributed by atoms with E-state index in [0.29, 0.717) is 44.9 Å². The lowest BCUT2D eigenvalue weighted by Crippen LogP contribution is -2.63. The van der Waals surface area contributed by atoms with Gasteiger partial charge in [0.2, 0.25) is 0 Å². The topological polar surface area (TPSA) is 200 Å². The van der Waals surface area contributed by atoms with Crippen LogP contribution in [0.4, 0.5) is 0 Å². The van der Waals surface area contributed by atoms with Crippen LogP contribution < -0.4 is 0 Å². The molecule has 0 aromatic heterocycles. The van der Waals surface area contributed by atoms with Gasteiger partial charge in [-0.3, -0.25) is 9.59 Å². The van der Waals surface area contributed by atoms with Crippen molar-refractivity contribution in [3.63, 3.8) is 0 Å². The predicted molar refractivity (Wildman–Crippen MR) is 199 cm³/mol. The van der Waals surface area contributed by atoms with E-state index in [2.05, 4.69) is 20.1 Å². The first kappa shape index (κ1) is 42.1. The normalized spacial score (nSPS) is 48.9. The van der Waals surface area contributed by atoms with E-state index < -0.39 is 85.3 Å². The Morgan fingerprint density at radius 3 is 2.20 bits per heavy atom. The van der Waals surface area contributed by atoms with E-state index in [4.69, 9.17) is 33.2 Å². The summed E-state index contributed by atoms with van der Waals surface area (Å²) in [7, 11) is 0. The number of esters is 1. The lowest BCUT2D eigenvalue weighted by atomic mass is 9.79. The number of carbonyl (C=O) groups excluding carboxylic acids is 2. The van der Waals surface area contributed by atoms with Crippen LogP contribution in [0.5, 0.6) is 0 Å². The summed E-state index contributed by atoms with van der Waals surface area (Å²) >= 11 is 0. The second-order valence-corrected chi connectivity index (χ2v) is 17.3. The van der Waals surface area contributed by atoms with E-state index in [0.717, 1.165) is 24.0 Å². The van der Waals surface area contributed by atoms with Crippen LogP contribution in [0.1, 0.15) is 90.9 Å². The van der Waals surface area contributed by atoms with Gasteiger partial charge in [0.1, 0.15) is 36.6 Å². The molecule has 8 bridgehead atoms. The standard InChI is InChI=1S/C42H62O14/c1-20-15-26-8-11-30-21(2)16-25(50-30)7-5-24(44)6-10-28(45)41-37(48)38(49)42-32(55-41)12-9-27(52-42)17-36(47)56-40-23(4)39-34(18-29(46)31(54-39)13-14-43)53-35(40)19-33(51-26)22(20)3/h6,10,20,23,25-35,37-43,45-46,48-49H,2-3,5,7-9,11-19H2,1,4H3/b10-6+. The van der Waals surface area contributed by atoms with E-state index in [1.54, 1.807) is 0 Å². The van der Waals surface area contributed by atoms with Crippen LogP contribution in [0, 0.1) is 11.8 Å². The van der Waals surface area contributed by atoms with Crippen LogP contribution in [0.2, 0.25) is 0 Å². The molecule has 14 heteroatoms. The zero-order chi connectivity index (χ0) is 39.8. The van der Waals surface area contributed by atoms with Crippen molar-refractivity contribution in [1.29, 1.82) is 0 Å². The minimum Gasteiger partial charge on any atom is -0.459 e. The average molecular weight is 791 g/mol. The summed E-state index contributed by atoms with van der Waals surface area (Å²) in [6.45, 7) is 12.6. The van der Waals surface area contributed by atoms with Gasteiger partial charge in [-0.1, -0.05) is 27.0 Å². The summed E-state index contributed by atoms with van der Waals surface area (Å²) in [6.07, 6.45) is -4.42. The van der Waals surface area contributed by atoms with Gasteiger partial charge in [0.05, 0.1) is 73.6 Å². The molecule has 6 fully saturated rings. The number of ketones is 1. The molecule has 14 nitrogen and oxygen atoms in total. The van der Waals surface area contributed by atoms with Crippen molar-refractivity contribution in [2.75, 3.05) is 6.61 Å². The summed E-state index contributed by atoms with van der Waals surface area (Å²) in [6, 6.07) is 0. The molecule has 0 radical (unpaired) electrons. The molecule has 19 atom stereocenters. The van der Waals surface area contributed by atoms with Crippen LogP contribution in [0.3, 0.4) is 0 Å². The number of rotatable bonds is 2. The predicted octanol–water partition coefficient (Wildman–Crippen LogP) is 2.14. The lowest BCUT2D eigenvalue weighted by molar-refractivity contribution is -0.278. The SMILES string of the molecule is C=C1CC2CCC(=O)/C=C/C(O)C3OC4CCC(CC(=O)OC5C(CC6OC(CCC1O2)CC(C)C6=C)OC1CC(O)C(CCO)OC1C5C)OC4C(O)C3O. The first-order valence-electron chi connectivity index (χ1n) is 20.8. The number of fused-ring (bicyclic) bond motifs is 3. The molecule has 0 aromatic rings. The molecule has 0 aromatic carbocycles. The molecule has 9 aliphatic rings. The largest absolute Gasteiger partial charge is 0.459 e. The van der Waals surface area contributed by atoms with Crippen molar-refractivity contribution >= 4 is 11.8 Å². The Labute approximate surface area is 329 Å². The summed E-state index contributed by atoms with van der Waals surface area (Å²) in [5.74, 6) is -0.899. The van der Waals surface area contributed by atoms with Gasteiger partial charge >= 0.3 is 5.97 Å². The number of carbonyl (C=O) groups is 2. The molecular weight excluding hydrogens is 728 g/mol. The number of aliphatic hydroxyl groups excluding tert-OH is 5. The third kappa shape index (κ3) is 9.21. The molecule has 56 heavy (non-hydrogen) atoms. The van der Waals surface area contributed by atoms with Crippen molar-refractivity contribution in [2.45, 2.75) is 195 Å². The maximum atomic E-state index is 13.8. The van der Waals surface area contributed by atoms with Crippen LogP contribution >= 0.6 is 0 Å². The molecule has 0 spiro atoms. The molecule has 9 rings (SSSR count). The molecule has 0 aliphatic carbocycles. The van der Waals surface area contributed by atoms with E-state index in [1.807, 2.05) is 6.92 Å². The minimum atomic E-state index is -1.51. The molecule has 314 valence electrons. The monoisotopic (exact) mass is 790 g/mol. The molecule has 9 heterocycles. The van der Waals surface area contributed by atoms with Gasteiger partial charge in [-0.25, -0.2) is 0 Å². The van der Waals surface area contributed by atoms with Crippen molar-refractivity contribution in [2.24, 2.45) is 11.8 Å². The third-order valence-corrected chi connectivity index (χ3v) is 13.3. The highest BCUT2D eigenvalue weighted by Gasteiger charge is 2.53. The van der Waals surface area contributed by atoms with E-state index in [9.17, 15) is 35.1 Å². The number of hydrogen-bond acceptors (Lipinski definition) is 14. The first-order valence-corrected chi connectivity index (χ1v) is 20.8. The zero-order valence-corrected chi connectivity index (χ0v) is 32.6. The number of ether oxygens (including phenoxy) is 7. The fourth-order valence-electron chi connectivity index (χ4n) is 10.0. The van der Waals surface area contributed by atoms with E-state index >= 15 is 0 Å². The van der Waals surface area contributed by atoms with Gasteiger partial charge in [0.15, 0.2) is 5.78 Å². The van der Waals surface area contributed by atoms with Gasteiger partial charge in [0.25, 0.3) is 0 Å². The maximum Gasteiger partial charge on any atom is 0.308 e. The number of hydrogen-bond donors (Lipinski definition) is 5. The quantitative estimate of drug-likeness (QED) is 0.201. The van der Waals surface area contributed by atoms with Crippen LogP contribution in [0.15, 0.2) is 36.5 Å². The Morgan fingerprint density at radius 2 is 1.41 bits per heavy atom. The summed E-state index contributed by atoms with van der Waals surface area (Å²) in [4.78, 5) is 26.6. The Hall–Kier alpha value is -2.08. The molecule has 0 amide bonds. The van der Waals surface area contributed by atoms with Gasteiger partial charge < -0.3 is 58.7 Å². The minimum absolute atomic E-state index is 0.0815. The summed E-state index contributed by atoms with van der Waals surface area (Å²) < 4.78 is 44.6. The van der Waals surface area contributed by atoms with Gasteiger partial charge in [-0.05, 0) is 80.6 Å². The fraction of sp³-hybridized carbons (Fsp3) is 0.810. The maximum absolute atomic E-state index is 13.8. The third-order valence-electron chi connectivity index (χ3n) is 13.3. The van der Waals surface area contributed by atoms with Gasteiger partial charge in [-0.15, -0.1) is 0 Å². The van der Waals surface area contributed by atoms with Crippen molar-refractivity contribution in [3.05, 3.63) is 36.5 Å². The molecule has 5 N–H and O–H groups in total. The smallest absolute Gasteiger partial charge is 0.308 e. The van der Waals surface area contributed by atoms with Crippen LogP contribution in [-0.4, -0.2) is 148 Å². The Kier molecular flexibility index (Phi) is 13.6. The van der Waals surface area contributed by atoms with Crippen molar-refractivity contribution < 1.29 is 68.3 Å². The molecule has 9 aliphatic heterocycles. The van der Waals surface area contributed by atoms with Gasteiger partial charge in [-0.2, -0.15) is 0 Å². The highest BCUT2D eigenvalue weighted by molar-refractivity contribution is 5.89. The second-order valence-electron chi connectivity index (χ2n) is 17.3. The van der Waals surface area contributed by atoms with Gasteiger partial charge in [0, 0.05) is 31.8 Å². The molecule has 0 saturated carbocycles. The number of allylic oxidation sites excluding steroid dienone is 1. The van der Waals surface area contributed by atoms with Crippen molar-refractivity contribution in [1.82, 2.24) is 0 Å². The van der Waals surface area contributed by atoms with Crippen molar-refractivity contribution in [3.8, 4) is 0 Å². The highest BCUT2D eigenvalue weighted by atomic mass is 16.6. The summed E-state index contributed by atoms with van der Waals surface area (Å²) in [5, 5.41) is 53.6.